The van der Waals surface area contributed by atoms with Gasteiger partial charge in [-0.2, -0.15) is 0 Å². The van der Waals surface area contributed by atoms with E-state index in [1.54, 1.807) is 0 Å². The molecule has 1 atom stereocenters. The van der Waals surface area contributed by atoms with Gasteiger partial charge in [0.1, 0.15) is 0 Å². The highest BCUT2D eigenvalue weighted by Gasteiger charge is 2.22. The predicted octanol–water partition coefficient (Wildman–Crippen LogP) is 2.07. The van der Waals surface area contributed by atoms with Crippen molar-refractivity contribution >= 4 is 5.97 Å². The molecule has 1 aromatic rings. The summed E-state index contributed by atoms with van der Waals surface area (Å²) in [5, 5.41) is 3.28. The minimum absolute atomic E-state index is 0.224. The Morgan fingerprint density at radius 2 is 2.38 bits per heavy atom. The summed E-state index contributed by atoms with van der Waals surface area (Å²) in [6, 6.07) is 6.29. The van der Waals surface area contributed by atoms with Crippen molar-refractivity contribution < 1.29 is 9.53 Å². The highest BCUT2D eigenvalue weighted by atomic mass is 16.5. The molecule has 1 N–H and O–H groups in total. The van der Waals surface area contributed by atoms with E-state index in [-0.39, 0.29) is 5.97 Å². The monoisotopic (exact) mass is 219 g/mol. The Labute approximate surface area is 95.8 Å². The number of nitrogens with one attached hydrogen (secondary N) is 1. The maximum Gasteiger partial charge on any atom is 0.338 e. The van der Waals surface area contributed by atoms with E-state index in [1.165, 1.54) is 11.1 Å². The lowest BCUT2D eigenvalue weighted by molar-refractivity contribution is 0.0526. The molecule has 0 saturated carbocycles. The molecule has 0 radical (unpaired) electrons. The fraction of sp³-hybridized carbons (Fsp3) is 0.462. The van der Waals surface area contributed by atoms with Crippen LogP contribution in [-0.2, 0) is 11.2 Å². The molecule has 16 heavy (non-hydrogen) atoms. The molecule has 3 heteroatoms. The number of ether oxygens (including phenoxy) is 1. The number of hydrogen-bond acceptors (Lipinski definition) is 3. The zero-order chi connectivity index (χ0) is 11.5. The Kier molecular flexibility index (Phi) is 3.25. The third-order valence-corrected chi connectivity index (χ3v) is 3.08. The molecule has 0 aromatic heterocycles. The number of carbonyl (C=O) groups is 1. The summed E-state index contributed by atoms with van der Waals surface area (Å²) in [5.74, 6) is -0.224. The van der Waals surface area contributed by atoms with Gasteiger partial charge in [0.2, 0.25) is 0 Å². The average Bonchev–Trinajstić information content (AvgIpc) is 2.71. The van der Waals surface area contributed by atoms with Crippen LogP contribution in [0.25, 0.3) is 0 Å². The Balaban J connectivity index is 2.24. The van der Waals surface area contributed by atoms with Gasteiger partial charge >= 0.3 is 5.97 Å². The Morgan fingerprint density at radius 3 is 3.06 bits per heavy atom. The molecule has 0 unspecified atom stereocenters. The van der Waals surface area contributed by atoms with Crippen LogP contribution in [0.3, 0.4) is 0 Å². The first-order valence-electron chi connectivity index (χ1n) is 5.73. The Hall–Kier alpha value is -1.35. The largest absolute Gasteiger partial charge is 0.462 e. The molecule has 86 valence electrons. The normalized spacial score (nSPS) is 18.2. The van der Waals surface area contributed by atoms with Gasteiger partial charge in [0, 0.05) is 6.04 Å². The molecule has 0 amide bonds. The third kappa shape index (κ3) is 1.95. The molecule has 0 heterocycles. The number of esters is 1. The molecule has 0 aliphatic heterocycles. The van der Waals surface area contributed by atoms with E-state index in [0.29, 0.717) is 18.2 Å². The van der Waals surface area contributed by atoms with Gasteiger partial charge in [-0.15, -0.1) is 0 Å². The van der Waals surface area contributed by atoms with Crippen LogP contribution in [0, 0.1) is 0 Å². The topological polar surface area (TPSA) is 38.3 Å². The zero-order valence-electron chi connectivity index (χ0n) is 9.75. The van der Waals surface area contributed by atoms with Crippen LogP contribution in [0.5, 0.6) is 0 Å². The molecule has 1 aliphatic rings. The van der Waals surface area contributed by atoms with Gasteiger partial charge in [-0.25, -0.2) is 4.79 Å². The van der Waals surface area contributed by atoms with Gasteiger partial charge in [0.25, 0.3) is 0 Å². The van der Waals surface area contributed by atoms with Crippen molar-refractivity contribution in [3.05, 3.63) is 34.9 Å². The van der Waals surface area contributed by atoms with Crippen LogP contribution in [0.2, 0.25) is 0 Å². The standard InChI is InChI=1S/C13H17NO2/c1-3-16-13(15)10-4-6-11-9(8-10)5-7-12(11)14-2/h4,6,8,12,14H,3,5,7H2,1-2H3/t12-/m0/s1. The Morgan fingerprint density at radius 1 is 1.56 bits per heavy atom. The van der Waals surface area contributed by atoms with Crippen LogP contribution in [0.1, 0.15) is 40.9 Å². The smallest absolute Gasteiger partial charge is 0.338 e. The second-order valence-electron chi connectivity index (χ2n) is 4.01. The highest BCUT2D eigenvalue weighted by molar-refractivity contribution is 5.89. The van der Waals surface area contributed by atoms with Crippen LogP contribution in [0.4, 0.5) is 0 Å². The number of aryl methyl sites for hydroxylation is 1. The van der Waals surface area contributed by atoms with E-state index >= 15 is 0 Å². The SMILES string of the molecule is CCOC(=O)c1ccc2c(c1)CC[C@@H]2NC. The van der Waals surface area contributed by atoms with Crippen molar-refractivity contribution in [2.24, 2.45) is 0 Å². The number of fused-ring (bicyclic) bond motifs is 1. The Bertz CT molecular complexity index is 401. The fourth-order valence-corrected chi connectivity index (χ4v) is 2.26. The molecule has 1 aliphatic carbocycles. The summed E-state index contributed by atoms with van der Waals surface area (Å²) in [6.45, 7) is 2.25. The molecule has 2 rings (SSSR count). The maximum atomic E-state index is 11.6. The summed E-state index contributed by atoms with van der Waals surface area (Å²) in [7, 11) is 1.97. The molecule has 0 fully saturated rings. The summed E-state index contributed by atoms with van der Waals surface area (Å²) < 4.78 is 4.99. The molecular formula is C13H17NO2. The summed E-state index contributed by atoms with van der Waals surface area (Å²) in [4.78, 5) is 11.6. The highest BCUT2D eigenvalue weighted by Crippen LogP contribution is 2.31. The average molecular weight is 219 g/mol. The summed E-state index contributed by atoms with van der Waals surface area (Å²) in [5.41, 5.74) is 3.25. The van der Waals surface area contributed by atoms with Crippen molar-refractivity contribution in [2.75, 3.05) is 13.7 Å². The zero-order valence-corrected chi connectivity index (χ0v) is 9.75. The maximum absolute atomic E-state index is 11.6. The first-order valence-corrected chi connectivity index (χ1v) is 5.73. The van der Waals surface area contributed by atoms with Gasteiger partial charge in [-0.3, -0.25) is 0 Å². The quantitative estimate of drug-likeness (QED) is 0.791. The first kappa shape index (κ1) is 11.1. The second kappa shape index (κ2) is 4.66. The van der Waals surface area contributed by atoms with E-state index in [2.05, 4.69) is 5.32 Å². The van der Waals surface area contributed by atoms with E-state index in [4.69, 9.17) is 4.74 Å². The lowest BCUT2D eigenvalue weighted by Crippen LogP contribution is -2.13. The molecule has 0 bridgehead atoms. The van der Waals surface area contributed by atoms with E-state index in [1.807, 2.05) is 32.2 Å². The minimum atomic E-state index is -0.224. The van der Waals surface area contributed by atoms with E-state index in [0.717, 1.165) is 12.8 Å². The second-order valence-corrected chi connectivity index (χ2v) is 4.01. The van der Waals surface area contributed by atoms with Crippen molar-refractivity contribution in [3.8, 4) is 0 Å². The van der Waals surface area contributed by atoms with Gasteiger partial charge in [0.05, 0.1) is 12.2 Å². The lowest BCUT2D eigenvalue weighted by Gasteiger charge is -2.10. The number of hydrogen-bond donors (Lipinski definition) is 1. The van der Waals surface area contributed by atoms with Crippen molar-refractivity contribution in [1.29, 1.82) is 0 Å². The lowest BCUT2D eigenvalue weighted by atomic mass is 10.0. The van der Waals surface area contributed by atoms with Crippen LogP contribution in [0.15, 0.2) is 18.2 Å². The van der Waals surface area contributed by atoms with E-state index in [9.17, 15) is 4.79 Å². The number of rotatable bonds is 3. The number of benzene rings is 1. The minimum Gasteiger partial charge on any atom is -0.462 e. The van der Waals surface area contributed by atoms with Crippen LogP contribution in [-0.4, -0.2) is 19.6 Å². The van der Waals surface area contributed by atoms with E-state index < -0.39 is 0 Å². The van der Waals surface area contributed by atoms with Crippen LogP contribution < -0.4 is 5.32 Å². The molecular weight excluding hydrogens is 202 g/mol. The molecule has 3 nitrogen and oxygen atoms in total. The predicted molar refractivity (Wildman–Crippen MR) is 62.5 cm³/mol. The van der Waals surface area contributed by atoms with Gasteiger partial charge in [0.15, 0.2) is 0 Å². The van der Waals surface area contributed by atoms with Gasteiger partial charge in [-0.1, -0.05) is 6.07 Å². The van der Waals surface area contributed by atoms with Crippen molar-refractivity contribution in [1.82, 2.24) is 5.32 Å². The molecule has 1 aromatic carbocycles. The molecule has 0 spiro atoms. The summed E-state index contributed by atoms with van der Waals surface area (Å²) in [6.07, 6.45) is 2.15. The van der Waals surface area contributed by atoms with Crippen LogP contribution >= 0.6 is 0 Å². The van der Waals surface area contributed by atoms with Crippen molar-refractivity contribution in [2.45, 2.75) is 25.8 Å². The third-order valence-electron chi connectivity index (χ3n) is 3.08. The van der Waals surface area contributed by atoms with Crippen molar-refractivity contribution in [3.63, 3.8) is 0 Å². The summed E-state index contributed by atoms with van der Waals surface area (Å²) >= 11 is 0. The fourth-order valence-electron chi connectivity index (χ4n) is 2.26. The first-order chi connectivity index (χ1) is 7.76. The van der Waals surface area contributed by atoms with Gasteiger partial charge < -0.3 is 10.1 Å². The number of carbonyl (C=O) groups excluding carboxylic acids is 1. The molecule has 0 saturated heterocycles. The van der Waals surface area contributed by atoms with Gasteiger partial charge in [-0.05, 0) is 50.1 Å².